The molecule has 0 aromatic carbocycles. The lowest BCUT2D eigenvalue weighted by atomic mass is 9.81. The molecule has 1 rings (SSSR count). The maximum atomic E-state index is 12.0. The number of piperazine rings is 1. The lowest BCUT2D eigenvalue weighted by Gasteiger charge is -2.39. The largest absolute Gasteiger partial charge is 0.340 e. The molecule has 0 spiro atoms. The second-order valence-corrected chi connectivity index (χ2v) is 5.82. The molecule has 0 aliphatic carbocycles. The van der Waals surface area contributed by atoms with Gasteiger partial charge >= 0.3 is 0 Å². The predicted octanol–water partition coefficient (Wildman–Crippen LogP) is 2.37. The molecule has 1 unspecified atom stereocenters. The molecule has 1 saturated heterocycles. The molecule has 0 aromatic rings. The molecule has 1 aliphatic rings. The van der Waals surface area contributed by atoms with Gasteiger partial charge in [0.15, 0.2) is 0 Å². The van der Waals surface area contributed by atoms with Gasteiger partial charge in [-0.2, -0.15) is 0 Å². The number of rotatable bonds is 6. The minimum absolute atomic E-state index is 0.301. The highest BCUT2D eigenvalue weighted by Crippen LogP contribution is 2.29. The van der Waals surface area contributed by atoms with Gasteiger partial charge < -0.3 is 4.90 Å². The fourth-order valence-corrected chi connectivity index (χ4v) is 2.43. The summed E-state index contributed by atoms with van der Waals surface area (Å²) >= 11 is 0. The smallest absolute Gasteiger partial charge is 0.236 e. The van der Waals surface area contributed by atoms with Gasteiger partial charge in [0.2, 0.25) is 5.91 Å². The van der Waals surface area contributed by atoms with E-state index in [9.17, 15) is 4.79 Å². The summed E-state index contributed by atoms with van der Waals surface area (Å²) in [6.07, 6.45) is 4.91. The number of nitrogens with zero attached hydrogens (tertiary/aromatic N) is 2. The third kappa shape index (κ3) is 4.30. The van der Waals surface area contributed by atoms with Crippen molar-refractivity contribution in [3.63, 3.8) is 0 Å². The van der Waals surface area contributed by atoms with E-state index in [2.05, 4.69) is 30.6 Å². The average molecular weight is 240 g/mol. The molecule has 0 bridgehead atoms. The number of hydrogen-bond acceptors (Lipinski definition) is 2. The molecule has 1 amide bonds. The van der Waals surface area contributed by atoms with Crippen molar-refractivity contribution in [3.05, 3.63) is 0 Å². The Morgan fingerprint density at radius 1 is 1.29 bits per heavy atom. The number of unbranched alkanes of at least 4 members (excludes halogenated alkanes) is 1. The number of likely N-dealkylation sites (N-methyl/N-ethyl adjacent to an activating group) is 1. The molecule has 1 atom stereocenters. The molecule has 17 heavy (non-hydrogen) atoms. The van der Waals surface area contributed by atoms with Crippen molar-refractivity contribution in [2.24, 2.45) is 5.41 Å². The monoisotopic (exact) mass is 240 g/mol. The van der Waals surface area contributed by atoms with E-state index < -0.39 is 0 Å². The van der Waals surface area contributed by atoms with Gasteiger partial charge in [-0.3, -0.25) is 9.69 Å². The summed E-state index contributed by atoms with van der Waals surface area (Å²) in [5, 5.41) is 0. The summed E-state index contributed by atoms with van der Waals surface area (Å²) in [5.74, 6) is 0.301. The molecule has 0 saturated carbocycles. The van der Waals surface area contributed by atoms with Gasteiger partial charge in [-0.25, -0.2) is 0 Å². The molecule has 1 heterocycles. The Morgan fingerprint density at radius 2 is 2.00 bits per heavy atom. The van der Waals surface area contributed by atoms with Crippen molar-refractivity contribution in [2.45, 2.75) is 46.5 Å². The quantitative estimate of drug-likeness (QED) is 0.711. The first-order valence-electron chi connectivity index (χ1n) is 6.97. The molecular weight excluding hydrogens is 212 g/mol. The summed E-state index contributed by atoms with van der Waals surface area (Å²) in [4.78, 5) is 16.1. The topological polar surface area (TPSA) is 23.6 Å². The van der Waals surface area contributed by atoms with Gasteiger partial charge in [0, 0.05) is 19.6 Å². The second-order valence-electron chi connectivity index (χ2n) is 5.82. The summed E-state index contributed by atoms with van der Waals surface area (Å²) in [5.41, 5.74) is 0.307. The summed E-state index contributed by atoms with van der Waals surface area (Å²) in [6.45, 7) is 10.3. The van der Waals surface area contributed by atoms with Crippen LogP contribution in [0.25, 0.3) is 0 Å². The number of hydrogen-bond donors (Lipinski definition) is 0. The van der Waals surface area contributed by atoms with Gasteiger partial charge in [-0.1, -0.05) is 33.6 Å². The lowest BCUT2D eigenvalue weighted by molar-refractivity contribution is -0.137. The molecule has 100 valence electrons. The molecule has 3 nitrogen and oxygen atoms in total. The van der Waals surface area contributed by atoms with E-state index in [0.717, 1.165) is 26.1 Å². The standard InChI is InChI=1S/C14H28N2O/c1-5-7-8-14(3,6-2)12-16-10-9-15(4)11-13(16)17/h5-12H2,1-4H3. The first kappa shape index (κ1) is 14.5. The van der Waals surface area contributed by atoms with Gasteiger partial charge in [-0.15, -0.1) is 0 Å². The molecule has 1 aliphatic heterocycles. The summed E-state index contributed by atoms with van der Waals surface area (Å²) in [7, 11) is 2.02. The van der Waals surface area contributed by atoms with Crippen LogP contribution in [-0.4, -0.2) is 48.9 Å². The van der Waals surface area contributed by atoms with E-state index in [4.69, 9.17) is 0 Å². The van der Waals surface area contributed by atoms with Crippen LogP contribution in [0.4, 0.5) is 0 Å². The van der Waals surface area contributed by atoms with Gasteiger partial charge in [0.25, 0.3) is 0 Å². The van der Waals surface area contributed by atoms with E-state index in [1.165, 1.54) is 19.3 Å². The van der Waals surface area contributed by atoms with Crippen LogP contribution in [0.15, 0.2) is 0 Å². The zero-order valence-electron chi connectivity index (χ0n) is 12.0. The Bertz CT molecular complexity index is 255. The zero-order chi connectivity index (χ0) is 12.9. The van der Waals surface area contributed by atoms with Crippen LogP contribution in [0.2, 0.25) is 0 Å². The normalized spacial score (nSPS) is 21.6. The van der Waals surface area contributed by atoms with E-state index in [1.54, 1.807) is 0 Å². The minimum Gasteiger partial charge on any atom is -0.340 e. The van der Waals surface area contributed by atoms with E-state index in [0.29, 0.717) is 17.9 Å². The van der Waals surface area contributed by atoms with Gasteiger partial charge in [-0.05, 0) is 25.3 Å². The number of carbonyl (C=O) groups excluding carboxylic acids is 1. The summed E-state index contributed by atoms with van der Waals surface area (Å²) in [6, 6.07) is 0. The maximum Gasteiger partial charge on any atom is 0.236 e. The third-order valence-electron chi connectivity index (χ3n) is 4.07. The lowest BCUT2D eigenvalue weighted by Crippen LogP contribution is -2.51. The van der Waals surface area contributed by atoms with Crippen LogP contribution in [-0.2, 0) is 4.79 Å². The average Bonchev–Trinajstić information content (AvgIpc) is 2.30. The highest BCUT2D eigenvalue weighted by molar-refractivity contribution is 5.79. The Balaban J connectivity index is 2.52. The molecule has 0 N–H and O–H groups in total. The van der Waals surface area contributed by atoms with E-state index >= 15 is 0 Å². The number of carbonyl (C=O) groups is 1. The number of amides is 1. The fraction of sp³-hybridized carbons (Fsp3) is 0.929. The van der Waals surface area contributed by atoms with Crippen molar-refractivity contribution < 1.29 is 4.79 Å². The Labute approximate surface area is 106 Å². The zero-order valence-corrected chi connectivity index (χ0v) is 12.0. The Morgan fingerprint density at radius 3 is 2.53 bits per heavy atom. The van der Waals surface area contributed by atoms with Gasteiger partial charge in [0.1, 0.15) is 0 Å². The molecular formula is C14H28N2O. The second kappa shape index (κ2) is 6.39. The predicted molar refractivity (Wildman–Crippen MR) is 72.0 cm³/mol. The van der Waals surface area contributed by atoms with Gasteiger partial charge in [0.05, 0.1) is 6.54 Å². The van der Waals surface area contributed by atoms with Crippen LogP contribution >= 0.6 is 0 Å². The highest BCUT2D eigenvalue weighted by Gasteiger charge is 2.29. The fourth-order valence-electron chi connectivity index (χ4n) is 2.43. The third-order valence-corrected chi connectivity index (χ3v) is 4.07. The van der Waals surface area contributed by atoms with Crippen LogP contribution in [0.1, 0.15) is 46.5 Å². The Hall–Kier alpha value is -0.570. The Kier molecular flexibility index (Phi) is 5.44. The first-order valence-corrected chi connectivity index (χ1v) is 6.97. The first-order chi connectivity index (χ1) is 8.00. The minimum atomic E-state index is 0.301. The van der Waals surface area contributed by atoms with E-state index in [1.807, 2.05) is 7.05 Å². The van der Waals surface area contributed by atoms with Crippen molar-refractivity contribution in [1.29, 1.82) is 0 Å². The molecule has 0 radical (unpaired) electrons. The van der Waals surface area contributed by atoms with E-state index in [-0.39, 0.29) is 0 Å². The SMILES string of the molecule is CCCCC(C)(CC)CN1CCN(C)CC1=O. The van der Waals surface area contributed by atoms with Crippen molar-refractivity contribution in [3.8, 4) is 0 Å². The van der Waals surface area contributed by atoms with Crippen LogP contribution in [0, 0.1) is 5.41 Å². The molecule has 0 aromatic heterocycles. The van der Waals surface area contributed by atoms with Crippen LogP contribution in [0.3, 0.4) is 0 Å². The van der Waals surface area contributed by atoms with Crippen molar-refractivity contribution in [2.75, 3.05) is 33.2 Å². The maximum absolute atomic E-state index is 12.0. The van der Waals surface area contributed by atoms with Crippen molar-refractivity contribution >= 4 is 5.91 Å². The molecule has 3 heteroatoms. The summed E-state index contributed by atoms with van der Waals surface area (Å²) < 4.78 is 0. The van der Waals surface area contributed by atoms with Crippen molar-refractivity contribution in [1.82, 2.24) is 9.80 Å². The van der Waals surface area contributed by atoms with Crippen LogP contribution in [0.5, 0.6) is 0 Å². The highest BCUT2D eigenvalue weighted by atomic mass is 16.2. The molecule has 1 fully saturated rings. The van der Waals surface area contributed by atoms with Crippen LogP contribution < -0.4 is 0 Å².